The normalized spacial score (nSPS) is 22.1. The van der Waals surface area contributed by atoms with Gasteiger partial charge >= 0.3 is 0 Å². The number of hydrogen-bond acceptors (Lipinski definition) is 2. The molecule has 1 aromatic rings. The van der Waals surface area contributed by atoms with Crippen molar-refractivity contribution in [1.29, 1.82) is 0 Å². The maximum Gasteiger partial charge on any atom is 0.123 e. The molecule has 2 nitrogen and oxygen atoms in total. The van der Waals surface area contributed by atoms with Crippen LogP contribution in [-0.2, 0) is 0 Å². The molecule has 1 aromatic carbocycles. The number of nitrogens with zero attached hydrogens (tertiary/aromatic N) is 1. The standard InChI is InChI=1S/C16H25FN2/c1-3-14-7-5-4-6-10-19(14)16-9-8-13(17)11-15(16)12(2)18/h8-9,11-12,14H,3-7,10,18H2,1-2H3. The first-order valence-corrected chi connectivity index (χ1v) is 7.45. The van der Waals surface area contributed by atoms with Crippen LogP contribution in [0.1, 0.15) is 57.6 Å². The van der Waals surface area contributed by atoms with Crippen LogP contribution in [0.25, 0.3) is 0 Å². The second kappa shape index (κ2) is 6.38. The summed E-state index contributed by atoms with van der Waals surface area (Å²) in [6, 6.07) is 5.48. The van der Waals surface area contributed by atoms with Gasteiger partial charge in [0, 0.05) is 24.3 Å². The molecule has 1 fully saturated rings. The van der Waals surface area contributed by atoms with Gasteiger partial charge in [-0.1, -0.05) is 19.8 Å². The van der Waals surface area contributed by atoms with Crippen molar-refractivity contribution >= 4 is 5.69 Å². The van der Waals surface area contributed by atoms with Gasteiger partial charge in [-0.25, -0.2) is 4.39 Å². The maximum atomic E-state index is 13.5. The summed E-state index contributed by atoms with van der Waals surface area (Å²) in [5.74, 6) is -0.195. The zero-order valence-electron chi connectivity index (χ0n) is 12.0. The molecule has 2 atom stereocenters. The fourth-order valence-corrected chi connectivity index (χ4v) is 3.07. The zero-order valence-corrected chi connectivity index (χ0v) is 12.0. The van der Waals surface area contributed by atoms with Crippen molar-refractivity contribution in [2.75, 3.05) is 11.4 Å². The molecule has 0 saturated carbocycles. The van der Waals surface area contributed by atoms with E-state index in [1.807, 2.05) is 13.0 Å². The summed E-state index contributed by atoms with van der Waals surface area (Å²) in [5.41, 5.74) is 8.08. The molecule has 2 N–H and O–H groups in total. The Hall–Kier alpha value is -1.09. The van der Waals surface area contributed by atoms with E-state index in [1.54, 1.807) is 12.1 Å². The summed E-state index contributed by atoms with van der Waals surface area (Å²) in [4.78, 5) is 2.45. The predicted octanol–water partition coefficient (Wildman–Crippen LogP) is 4.00. The van der Waals surface area contributed by atoms with Gasteiger partial charge < -0.3 is 10.6 Å². The highest BCUT2D eigenvalue weighted by atomic mass is 19.1. The SMILES string of the molecule is CCC1CCCCCN1c1ccc(F)cc1C(C)N. The second-order valence-corrected chi connectivity index (χ2v) is 5.60. The molecule has 0 amide bonds. The predicted molar refractivity (Wildman–Crippen MR) is 78.9 cm³/mol. The minimum atomic E-state index is -0.195. The third-order valence-electron chi connectivity index (χ3n) is 4.14. The Morgan fingerprint density at radius 2 is 2.16 bits per heavy atom. The molecule has 19 heavy (non-hydrogen) atoms. The van der Waals surface area contributed by atoms with Crippen LogP contribution in [0.5, 0.6) is 0 Å². The molecule has 1 saturated heterocycles. The highest BCUT2D eigenvalue weighted by Gasteiger charge is 2.22. The Morgan fingerprint density at radius 1 is 1.37 bits per heavy atom. The lowest BCUT2D eigenvalue weighted by Gasteiger charge is -2.34. The highest BCUT2D eigenvalue weighted by molar-refractivity contribution is 5.56. The van der Waals surface area contributed by atoms with E-state index in [4.69, 9.17) is 5.73 Å². The first-order chi connectivity index (χ1) is 9.13. The number of hydrogen-bond donors (Lipinski definition) is 1. The largest absolute Gasteiger partial charge is 0.368 e. The van der Waals surface area contributed by atoms with E-state index in [2.05, 4.69) is 11.8 Å². The van der Waals surface area contributed by atoms with Gasteiger partial charge in [0.15, 0.2) is 0 Å². The number of halogens is 1. The number of benzene rings is 1. The lowest BCUT2D eigenvalue weighted by Crippen LogP contribution is -2.35. The van der Waals surface area contributed by atoms with Crippen LogP contribution in [0, 0.1) is 5.82 Å². The first kappa shape index (κ1) is 14.3. The van der Waals surface area contributed by atoms with Crippen LogP contribution in [0.4, 0.5) is 10.1 Å². The van der Waals surface area contributed by atoms with Crippen molar-refractivity contribution in [2.45, 2.75) is 58.0 Å². The van der Waals surface area contributed by atoms with Gasteiger partial charge in [-0.3, -0.25) is 0 Å². The summed E-state index contributed by atoms with van der Waals surface area (Å²) < 4.78 is 13.5. The van der Waals surface area contributed by atoms with Crippen molar-refractivity contribution in [1.82, 2.24) is 0 Å². The van der Waals surface area contributed by atoms with E-state index in [9.17, 15) is 4.39 Å². The molecular weight excluding hydrogens is 239 g/mol. The summed E-state index contributed by atoms with van der Waals surface area (Å²) in [6.07, 6.45) is 6.17. The van der Waals surface area contributed by atoms with Gasteiger partial charge in [-0.15, -0.1) is 0 Å². The first-order valence-electron chi connectivity index (χ1n) is 7.45. The van der Waals surface area contributed by atoms with Gasteiger partial charge in [0.1, 0.15) is 5.82 Å². The van der Waals surface area contributed by atoms with Crippen LogP contribution in [0.2, 0.25) is 0 Å². The van der Waals surface area contributed by atoms with Gasteiger partial charge in [-0.2, -0.15) is 0 Å². The van der Waals surface area contributed by atoms with Crippen molar-refractivity contribution in [3.63, 3.8) is 0 Å². The average molecular weight is 264 g/mol. The maximum absolute atomic E-state index is 13.5. The molecule has 0 aromatic heterocycles. The molecule has 1 aliphatic heterocycles. The average Bonchev–Trinajstić information content (AvgIpc) is 2.63. The Balaban J connectivity index is 2.37. The van der Waals surface area contributed by atoms with Gasteiger partial charge in [0.05, 0.1) is 0 Å². The summed E-state index contributed by atoms with van der Waals surface area (Å²) in [7, 11) is 0. The van der Waals surface area contributed by atoms with Gasteiger partial charge in [0.25, 0.3) is 0 Å². The molecule has 2 rings (SSSR count). The molecule has 0 aliphatic carbocycles. The van der Waals surface area contributed by atoms with E-state index in [0.717, 1.165) is 24.2 Å². The van der Waals surface area contributed by atoms with Crippen molar-refractivity contribution in [2.24, 2.45) is 5.73 Å². The summed E-state index contributed by atoms with van der Waals surface area (Å²) >= 11 is 0. The fourth-order valence-electron chi connectivity index (χ4n) is 3.07. The molecule has 2 unspecified atom stereocenters. The highest BCUT2D eigenvalue weighted by Crippen LogP contribution is 2.31. The van der Waals surface area contributed by atoms with Crippen LogP contribution in [0.3, 0.4) is 0 Å². The van der Waals surface area contributed by atoms with Crippen LogP contribution in [0.15, 0.2) is 18.2 Å². The van der Waals surface area contributed by atoms with E-state index in [1.165, 1.54) is 25.7 Å². The Labute approximate surface area is 115 Å². The molecule has 1 heterocycles. The summed E-state index contributed by atoms with van der Waals surface area (Å²) in [5, 5.41) is 0. The smallest absolute Gasteiger partial charge is 0.123 e. The summed E-state index contributed by atoms with van der Waals surface area (Å²) in [6.45, 7) is 5.22. The molecule has 0 spiro atoms. The number of anilines is 1. The Morgan fingerprint density at radius 3 is 2.84 bits per heavy atom. The quantitative estimate of drug-likeness (QED) is 0.894. The molecule has 106 valence electrons. The lowest BCUT2D eigenvalue weighted by molar-refractivity contribution is 0.552. The minimum absolute atomic E-state index is 0.133. The Kier molecular flexibility index (Phi) is 4.81. The number of rotatable bonds is 3. The molecular formula is C16H25FN2. The van der Waals surface area contributed by atoms with Crippen LogP contribution >= 0.6 is 0 Å². The van der Waals surface area contributed by atoms with Crippen molar-refractivity contribution < 1.29 is 4.39 Å². The fraction of sp³-hybridized carbons (Fsp3) is 0.625. The van der Waals surface area contributed by atoms with Crippen LogP contribution < -0.4 is 10.6 Å². The minimum Gasteiger partial charge on any atom is -0.368 e. The molecule has 3 heteroatoms. The topological polar surface area (TPSA) is 29.3 Å². The van der Waals surface area contributed by atoms with E-state index >= 15 is 0 Å². The monoisotopic (exact) mass is 264 g/mol. The Bertz CT molecular complexity index is 417. The van der Waals surface area contributed by atoms with Crippen molar-refractivity contribution in [3.05, 3.63) is 29.6 Å². The zero-order chi connectivity index (χ0) is 13.8. The van der Waals surface area contributed by atoms with E-state index in [-0.39, 0.29) is 11.9 Å². The second-order valence-electron chi connectivity index (χ2n) is 5.60. The third kappa shape index (κ3) is 3.27. The third-order valence-corrected chi connectivity index (χ3v) is 4.14. The van der Waals surface area contributed by atoms with Gasteiger partial charge in [-0.05, 0) is 49.9 Å². The number of nitrogens with two attached hydrogens (primary N) is 1. The van der Waals surface area contributed by atoms with E-state index in [0.29, 0.717) is 6.04 Å². The molecule has 1 aliphatic rings. The molecule has 0 bridgehead atoms. The van der Waals surface area contributed by atoms with Crippen molar-refractivity contribution in [3.8, 4) is 0 Å². The van der Waals surface area contributed by atoms with E-state index < -0.39 is 0 Å². The molecule has 0 radical (unpaired) electrons. The van der Waals surface area contributed by atoms with Gasteiger partial charge in [0.2, 0.25) is 0 Å². The lowest BCUT2D eigenvalue weighted by atomic mass is 10.0. The van der Waals surface area contributed by atoms with Crippen LogP contribution in [-0.4, -0.2) is 12.6 Å².